The van der Waals surface area contributed by atoms with Gasteiger partial charge in [-0.25, -0.2) is 0 Å². The molecule has 0 radical (unpaired) electrons. The number of benzene rings is 1. The molecule has 0 saturated heterocycles. The van der Waals surface area contributed by atoms with E-state index in [0.29, 0.717) is 5.75 Å². The van der Waals surface area contributed by atoms with Gasteiger partial charge >= 0.3 is 0 Å². The Morgan fingerprint density at radius 3 is 2.23 bits per heavy atom. The van der Waals surface area contributed by atoms with Crippen LogP contribution >= 0.6 is 0 Å². The molecule has 0 heterocycles. The lowest BCUT2D eigenvalue weighted by atomic mass is 9.95. The predicted molar refractivity (Wildman–Crippen MR) is 57.0 cm³/mol. The summed E-state index contributed by atoms with van der Waals surface area (Å²) in [6.45, 7) is 11.7. The standard InChI is InChI=1S/C12H16O/c1-7(2)11-9(4)6-8(3)10(5)12(11)13/h6,13H,1H2,2-5H3. The molecule has 0 aliphatic heterocycles. The highest BCUT2D eigenvalue weighted by molar-refractivity contribution is 5.72. The Morgan fingerprint density at radius 1 is 1.23 bits per heavy atom. The van der Waals surface area contributed by atoms with Crippen LogP contribution in [0.25, 0.3) is 5.57 Å². The number of phenols is 1. The fraction of sp³-hybridized carbons (Fsp3) is 0.333. The van der Waals surface area contributed by atoms with Crippen molar-refractivity contribution in [3.8, 4) is 5.75 Å². The molecule has 1 N–H and O–H groups in total. The van der Waals surface area contributed by atoms with Gasteiger partial charge < -0.3 is 5.11 Å². The molecular weight excluding hydrogens is 160 g/mol. The molecule has 0 amide bonds. The van der Waals surface area contributed by atoms with E-state index in [0.717, 1.165) is 27.8 Å². The van der Waals surface area contributed by atoms with Crippen LogP contribution in [0.1, 0.15) is 29.2 Å². The Hall–Kier alpha value is -1.24. The van der Waals surface area contributed by atoms with Crippen molar-refractivity contribution >= 4 is 5.57 Å². The molecular formula is C12H16O. The van der Waals surface area contributed by atoms with E-state index in [2.05, 4.69) is 12.6 Å². The van der Waals surface area contributed by atoms with Crippen molar-refractivity contribution in [2.75, 3.05) is 0 Å². The second kappa shape index (κ2) is 3.25. The minimum atomic E-state index is 0.380. The van der Waals surface area contributed by atoms with E-state index in [1.807, 2.05) is 27.7 Å². The lowest BCUT2D eigenvalue weighted by Crippen LogP contribution is -1.92. The average Bonchev–Trinajstić information content (AvgIpc) is 1.99. The summed E-state index contributed by atoms with van der Waals surface area (Å²) in [6, 6.07) is 2.08. The molecule has 1 aromatic carbocycles. The van der Waals surface area contributed by atoms with Crippen LogP contribution in [-0.2, 0) is 0 Å². The van der Waals surface area contributed by atoms with Crippen LogP contribution in [0.15, 0.2) is 12.6 Å². The van der Waals surface area contributed by atoms with E-state index in [9.17, 15) is 5.11 Å². The van der Waals surface area contributed by atoms with Crippen molar-refractivity contribution in [2.24, 2.45) is 0 Å². The summed E-state index contributed by atoms with van der Waals surface area (Å²) in [5, 5.41) is 9.87. The van der Waals surface area contributed by atoms with Crippen LogP contribution in [-0.4, -0.2) is 5.11 Å². The van der Waals surface area contributed by atoms with Gasteiger partial charge in [0.05, 0.1) is 0 Å². The molecule has 0 fully saturated rings. The highest BCUT2D eigenvalue weighted by Gasteiger charge is 2.10. The van der Waals surface area contributed by atoms with Gasteiger partial charge in [0.2, 0.25) is 0 Å². The number of hydrogen-bond donors (Lipinski definition) is 1. The molecule has 0 unspecified atom stereocenters. The van der Waals surface area contributed by atoms with E-state index >= 15 is 0 Å². The number of aryl methyl sites for hydroxylation is 2. The fourth-order valence-electron chi connectivity index (χ4n) is 1.60. The molecule has 13 heavy (non-hydrogen) atoms. The van der Waals surface area contributed by atoms with Crippen LogP contribution in [0.4, 0.5) is 0 Å². The summed E-state index contributed by atoms with van der Waals surface area (Å²) in [5.74, 6) is 0.380. The van der Waals surface area contributed by atoms with E-state index in [1.165, 1.54) is 0 Å². The van der Waals surface area contributed by atoms with Crippen molar-refractivity contribution in [3.63, 3.8) is 0 Å². The molecule has 0 aliphatic carbocycles. The third kappa shape index (κ3) is 1.59. The summed E-state index contributed by atoms with van der Waals surface area (Å²) >= 11 is 0. The Balaban J connectivity index is 3.53. The quantitative estimate of drug-likeness (QED) is 0.695. The van der Waals surface area contributed by atoms with Gasteiger partial charge in [0.25, 0.3) is 0 Å². The molecule has 1 heteroatoms. The summed E-state index contributed by atoms with van der Waals surface area (Å²) in [7, 11) is 0. The van der Waals surface area contributed by atoms with E-state index in [1.54, 1.807) is 0 Å². The first-order valence-corrected chi connectivity index (χ1v) is 4.40. The lowest BCUT2D eigenvalue weighted by Gasteiger charge is -2.12. The zero-order valence-corrected chi connectivity index (χ0v) is 8.73. The minimum absolute atomic E-state index is 0.380. The van der Waals surface area contributed by atoms with E-state index in [4.69, 9.17) is 0 Å². The largest absolute Gasteiger partial charge is 0.507 e. The van der Waals surface area contributed by atoms with Gasteiger partial charge in [-0.2, -0.15) is 0 Å². The van der Waals surface area contributed by atoms with E-state index in [-0.39, 0.29) is 0 Å². The molecule has 1 nitrogen and oxygen atoms in total. The van der Waals surface area contributed by atoms with Gasteiger partial charge in [0, 0.05) is 5.56 Å². The van der Waals surface area contributed by atoms with Crippen molar-refractivity contribution in [1.82, 2.24) is 0 Å². The van der Waals surface area contributed by atoms with Gasteiger partial charge in [-0.3, -0.25) is 0 Å². The van der Waals surface area contributed by atoms with Gasteiger partial charge in [0.15, 0.2) is 0 Å². The third-order valence-electron chi connectivity index (χ3n) is 2.44. The molecule has 0 aromatic heterocycles. The molecule has 0 atom stereocenters. The summed E-state index contributed by atoms with van der Waals surface area (Å²) in [5.41, 5.74) is 4.97. The maximum atomic E-state index is 9.87. The predicted octanol–water partition coefficient (Wildman–Crippen LogP) is 3.35. The highest BCUT2D eigenvalue weighted by Crippen LogP contribution is 2.32. The number of phenolic OH excluding ortho intramolecular Hbond substituents is 1. The second-order valence-electron chi connectivity index (χ2n) is 3.64. The third-order valence-corrected chi connectivity index (χ3v) is 2.44. The molecule has 1 rings (SSSR count). The fourth-order valence-corrected chi connectivity index (χ4v) is 1.60. The maximum Gasteiger partial charge on any atom is 0.126 e. The van der Waals surface area contributed by atoms with Gasteiger partial charge in [-0.15, -0.1) is 0 Å². The smallest absolute Gasteiger partial charge is 0.126 e. The van der Waals surface area contributed by atoms with Crippen molar-refractivity contribution in [2.45, 2.75) is 27.7 Å². The molecule has 0 bridgehead atoms. The minimum Gasteiger partial charge on any atom is -0.507 e. The first kappa shape index (κ1) is 9.85. The van der Waals surface area contributed by atoms with Crippen molar-refractivity contribution in [3.05, 3.63) is 34.9 Å². The number of allylic oxidation sites excluding steroid dienone is 1. The highest BCUT2D eigenvalue weighted by atomic mass is 16.3. The lowest BCUT2D eigenvalue weighted by molar-refractivity contribution is 0.468. The van der Waals surface area contributed by atoms with Crippen LogP contribution in [0, 0.1) is 20.8 Å². The van der Waals surface area contributed by atoms with Gasteiger partial charge in [-0.1, -0.05) is 12.6 Å². The Labute approximate surface area is 79.7 Å². The van der Waals surface area contributed by atoms with E-state index < -0.39 is 0 Å². The van der Waals surface area contributed by atoms with Crippen LogP contribution in [0.3, 0.4) is 0 Å². The number of rotatable bonds is 1. The number of hydrogen-bond acceptors (Lipinski definition) is 1. The van der Waals surface area contributed by atoms with Crippen LogP contribution in [0.5, 0.6) is 5.75 Å². The molecule has 0 spiro atoms. The Bertz CT molecular complexity index is 362. The first-order chi connectivity index (χ1) is 5.95. The maximum absolute atomic E-state index is 9.87. The zero-order valence-electron chi connectivity index (χ0n) is 8.73. The molecule has 0 saturated carbocycles. The monoisotopic (exact) mass is 176 g/mol. The summed E-state index contributed by atoms with van der Waals surface area (Å²) in [4.78, 5) is 0. The number of aromatic hydroxyl groups is 1. The molecule has 1 aromatic rings. The zero-order chi connectivity index (χ0) is 10.2. The molecule has 70 valence electrons. The first-order valence-electron chi connectivity index (χ1n) is 4.40. The topological polar surface area (TPSA) is 20.2 Å². The Morgan fingerprint density at radius 2 is 1.77 bits per heavy atom. The van der Waals surface area contributed by atoms with Crippen LogP contribution < -0.4 is 0 Å². The van der Waals surface area contributed by atoms with Crippen molar-refractivity contribution < 1.29 is 5.11 Å². The van der Waals surface area contributed by atoms with Gasteiger partial charge in [-0.05, 0) is 50.0 Å². The molecule has 0 aliphatic rings. The van der Waals surface area contributed by atoms with Gasteiger partial charge in [0.1, 0.15) is 5.75 Å². The SMILES string of the molecule is C=C(C)c1c(C)cc(C)c(C)c1O. The summed E-state index contributed by atoms with van der Waals surface area (Å²) in [6.07, 6.45) is 0. The Kier molecular flexibility index (Phi) is 2.46. The second-order valence-corrected chi connectivity index (χ2v) is 3.64. The van der Waals surface area contributed by atoms with Crippen LogP contribution in [0.2, 0.25) is 0 Å². The average molecular weight is 176 g/mol. The normalized spacial score (nSPS) is 10.2. The van der Waals surface area contributed by atoms with Crippen molar-refractivity contribution in [1.29, 1.82) is 0 Å². The summed E-state index contributed by atoms with van der Waals surface area (Å²) < 4.78 is 0.